The minimum absolute atomic E-state index is 0.0425. The van der Waals surface area contributed by atoms with Gasteiger partial charge in [0.05, 0.1) is 12.8 Å². The Labute approximate surface area is 172 Å². The molecule has 2 aromatic rings. The molecular weight excluding hydrogens is 418 g/mol. The van der Waals surface area contributed by atoms with Gasteiger partial charge in [0.1, 0.15) is 28.8 Å². The summed E-state index contributed by atoms with van der Waals surface area (Å²) in [7, 11) is -2.84. The normalized spacial score (nSPS) is 15.5. The van der Waals surface area contributed by atoms with Gasteiger partial charge in [-0.15, -0.1) is 0 Å². The average molecular weight is 436 g/mol. The predicted octanol–water partition coefficient (Wildman–Crippen LogP) is 2.91. The number of halogens is 2. The zero-order valence-electron chi connectivity index (χ0n) is 16.1. The van der Waals surface area contributed by atoms with Gasteiger partial charge in [0.25, 0.3) is 15.9 Å². The number of sulfonamides is 1. The summed E-state index contributed by atoms with van der Waals surface area (Å²) in [4.78, 5) is 24.8. The van der Waals surface area contributed by atoms with Crippen LogP contribution in [-0.2, 0) is 19.6 Å². The number of nitrogens with zero attached hydrogens (tertiary/aromatic N) is 1. The average Bonchev–Trinajstić information content (AvgIpc) is 2.90. The lowest BCUT2D eigenvalue weighted by atomic mass is 10.1. The van der Waals surface area contributed by atoms with Crippen molar-refractivity contribution in [2.75, 3.05) is 19.0 Å². The molecule has 0 aliphatic carbocycles. The second-order valence-corrected chi connectivity index (χ2v) is 8.18. The van der Waals surface area contributed by atoms with Gasteiger partial charge in [0, 0.05) is 11.6 Å². The molecule has 1 aliphatic heterocycles. The van der Waals surface area contributed by atoms with Crippen LogP contribution in [0.1, 0.15) is 18.9 Å². The predicted molar refractivity (Wildman–Crippen MR) is 106 cm³/mol. The van der Waals surface area contributed by atoms with Gasteiger partial charge in [-0.1, -0.05) is 6.92 Å². The van der Waals surface area contributed by atoms with Crippen LogP contribution < -0.4 is 10.1 Å². The second kappa shape index (κ2) is 8.23. The van der Waals surface area contributed by atoms with E-state index in [2.05, 4.69) is 5.32 Å². The van der Waals surface area contributed by atoms with Gasteiger partial charge in [0.2, 0.25) is 5.91 Å². The summed E-state index contributed by atoms with van der Waals surface area (Å²) in [6.45, 7) is 0.783. The summed E-state index contributed by atoms with van der Waals surface area (Å²) in [6, 6.07) is 8.64. The number of methoxy groups -OCH3 is 1. The molecule has 3 rings (SSSR count). The van der Waals surface area contributed by atoms with Crippen molar-refractivity contribution in [2.24, 2.45) is 0 Å². The van der Waals surface area contributed by atoms with Gasteiger partial charge in [-0.05, 0) is 48.4 Å². The van der Waals surface area contributed by atoms with E-state index >= 15 is 0 Å². The maximum absolute atomic E-state index is 13.7. The fourth-order valence-corrected chi connectivity index (χ4v) is 4.88. The summed E-state index contributed by atoms with van der Waals surface area (Å²) in [5.41, 5.74) is -0.00101. The molecule has 2 aromatic carbocycles. The molecule has 0 unspecified atom stereocenters. The van der Waals surface area contributed by atoms with Gasteiger partial charge in [-0.25, -0.2) is 21.5 Å². The van der Waals surface area contributed by atoms with Crippen LogP contribution in [0.4, 0.5) is 14.5 Å². The van der Waals surface area contributed by atoms with Crippen LogP contribution in [0.5, 0.6) is 5.75 Å². The third-order valence-electron chi connectivity index (χ3n) is 4.51. The van der Waals surface area contributed by atoms with Crippen LogP contribution in [0.2, 0.25) is 0 Å². The number of carbonyl (C=O) groups is 2. The molecule has 0 atom stereocenters. The number of nitrogens with one attached hydrogen (secondary N) is 1. The Hall–Kier alpha value is -3.27. The van der Waals surface area contributed by atoms with Crippen molar-refractivity contribution in [3.63, 3.8) is 0 Å². The molecule has 2 amide bonds. The Morgan fingerprint density at radius 3 is 2.37 bits per heavy atom. The molecule has 10 heteroatoms. The highest BCUT2D eigenvalue weighted by molar-refractivity contribution is 7.99. The molecule has 0 bridgehead atoms. The number of benzene rings is 2. The standard InChI is InChI=1S/C20H18F2N2O5S/c1-3-15-19(12-4-7-14(29-2)8-5-12)30(27,28)24(20(15)26)11-18(25)23-17-9-6-13(21)10-16(17)22/h4-10H,3,11H2,1-2H3,(H,23,25). The first-order chi connectivity index (χ1) is 14.2. The van der Waals surface area contributed by atoms with Crippen molar-refractivity contribution >= 4 is 32.4 Å². The SMILES string of the molecule is CCC1=C(c2ccc(OC)cc2)S(=O)(=O)N(CC(=O)Nc2ccc(F)cc2F)C1=O. The Morgan fingerprint density at radius 2 is 1.80 bits per heavy atom. The van der Waals surface area contributed by atoms with Crippen molar-refractivity contribution < 1.29 is 31.5 Å². The summed E-state index contributed by atoms with van der Waals surface area (Å²) in [6.07, 6.45) is 0.129. The summed E-state index contributed by atoms with van der Waals surface area (Å²) in [5.74, 6) is -3.10. The Morgan fingerprint density at radius 1 is 1.13 bits per heavy atom. The number of hydrogen-bond donors (Lipinski definition) is 1. The van der Waals surface area contributed by atoms with Gasteiger partial charge >= 0.3 is 0 Å². The van der Waals surface area contributed by atoms with Gasteiger partial charge in [-0.2, -0.15) is 0 Å². The molecule has 1 heterocycles. The van der Waals surface area contributed by atoms with E-state index in [4.69, 9.17) is 4.74 Å². The van der Waals surface area contributed by atoms with Gasteiger partial charge < -0.3 is 10.1 Å². The first kappa shape index (κ1) is 21.4. The zero-order chi connectivity index (χ0) is 22.1. The smallest absolute Gasteiger partial charge is 0.268 e. The highest BCUT2D eigenvalue weighted by atomic mass is 32.2. The Balaban J connectivity index is 1.88. The third-order valence-corrected chi connectivity index (χ3v) is 6.38. The van der Waals surface area contributed by atoms with Crippen LogP contribution >= 0.6 is 0 Å². The molecule has 0 fully saturated rings. The first-order valence-corrected chi connectivity index (χ1v) is 10.3. The monoisotopic (exact) mass is 436 g/mol. The molecule has 0 radical (unpaired) electrons. The van der Waals surface area contributed by atoms with Crippen LogP contribution in [0.3, 0.4) is 0 Å². The molecule has 0 saturated carbocycles. The minimum Gasteiger partial charge on any atom is -0.497 e. The number of rotatable bonds is 6. The van der Waals surface area contributed by atoms with Crippen molar-refractivity contribution in [1.29, 1.82) is 0 Å². The van der Waals surface area contributed by atoms with Crippen molar-refractivity contribution in [3.05, 3.63) is 65.2 Å². The van der Waals surface area contributed by atoms with Crippen LogP contribution in [-0.4, -0.2) is 38.2 Å². The molecule has 30 heavy (non-hydrogen) atoms. The van der Waals surface area contributed by atoms with E-state index in [0.29, 0.717) is 16.1 Å². The number of hydrogen-bond acceptors (Lipinski definition) is 5. The zero-order valence-corrected chi connectivity index (χ0v) is 16.9. The fourth-order valence-electron chi connectivity index (χ4n) is 3.07. The van der Waals surface area contributed by atoms with E-state index in [1.165, 1.54) is 19.2 Å². The number of amides is 2. The Bertz CT molecular complexity index is 1140. The lowest BCUT2D eigenvalue weighted by Gasteiger charge is -2.16. The lowest BCUT2D eigenvalue weighted by molar-refractivity contribution is -0.126. The first-order valence-electron chi connectivity index (χ1n) is 8.88. The number of ether oxygens (including phenoxy) is 1. The molecule has 0 spiro atoms. The fraction of sp³-hybridized carbons (Fsp3) is 0.200. The number of anilines is 1. The minimum atomic E-state index is -4.31. The summed E-state index contributed by atoms with van der Waals surface area (Å²) < 4.78 is 58.3. The van der Waals surface area contributed by atoms with E-state index in [1.807, 2.05) is 0 Å². The summed E-state index contributed by atoms with van der Waals surface area (Å²) >= 11 is 0. The molecule has 1 aliphatic rings. The Kier molecular flexibility index (Phi) is 5.88. The van der Waals surface area contributed by atoms with Crippen molar-refractivity contribution in [1.82, 2.24) is 4.31 Å². The third kappa shape index (κ3) is 3.90. The molecule has 0 aromatic heterocycles. The molecular formula is C20H18F2N2O5S. The molecule has 0 saturated heterocycles. The van der Waals surface area contributed by atoms with Gasteiger partial charge in [0.15, 0.2) is 0 Å². The molecule has 158 valence electrons. The van der Waals surface area contributed by atoms with Crippen molar-refractivity contribution in [2.45, 2.75) is 13.3 Å². The highest BCUT2D eigenvalue weighted by Gasteiger charge is 2.44. The van der Waals surface area contributed by atoms with E-state index < -0.39 is 40.0 Å². The maximum Gasteiger partial charge on any atom is 0.268 e. The van der Waals surface area contributed by atoms with Crippen LogP contribution in [0, 0.1) is 11.6 Å². The van der Waals surface area contributed by atoms with E-state index in [9.17, 15) is 26.8 Å². The molecule has 1 N–H and O–H groups in total. The van der Waals surface area contributed by atoms with Crippen LogP contribution in [0.15, 0.2) is 48.0 Å². The summed E-state index contributed by atoms with van der Waals surface area (Å²) in [5, 5.41) is 2.15. The van der Waals surface area contributed by atoms with E-state index in [0.717, 1.165) is 12.1 Å². The number of carbonyl (C=O) groups excluding carboxylic acids is 2. The lowest BCUT2D eigenvalue weighted by Crippen LogP contribution is -2.38. The van der Waals surface area contributed by atoms with E-state index in [1.54, 1.807) is 19.1 Å². The second-order valence-electron chi connectivity index (χ2n) is 6.38. The topological polar surface area (TPSA) is 92.8 Å². The largest absolute Gasteiger partial charge is 0.497 e. The van der Waals surface area contributed by atoms with E-state index in [-0.39, 0.29) is 28.1 Å². The molecule has 7 nitrogen and oxygen atoms in total. The van der Waals surface area contributed by atoms with Gasteiger partial charge in [-0.3, -0.25) is 9.59 Å². The maximum atomic E-state index is 13.7. The van der Waals surface area contributed by atoms with Crippen LogP contribution in [0.25, 0.3) is 4.91 Å². The van der Waals surface area contributed by atoms with Crippen molar-refractivity contribution in [3.8, 4) is 5.75 Å². The quantitative estimate of drug-likeness (QED) is 0.752. The highest BCUT2D eigenvalue weighted by Crippen LogP contribution is 2.37.